The van der Waals surface area contributed by atoms with Gasteiger partial charge in [-0.05, 0) is 45.2 Å². The standard InChI is InChI=1S/C17H19N2O8P.C5H11NO2/c20-11-9-19(15(22)18-13(11)21)14-16(6-7-16)8-12(25-14)17(23,24)27-28-26-10-4-2-1-3-5-10;1-4(2)8-5(7)3-6/h1-5,9,12,14,20,23-24,28H,6-8H2,(H,18,21,22);4H,3,6H2,1-2H3. The highest BCUT2D eigenvalue weighted by Gasteiger charge is 2.62. The van der Waals surface area contributed by atoms with Crippen LogP contribution in [0.5, 0.6) is 11.5 Å². The van der Waals surface area contributed by atoms with Crippen LogP contribution in [0.15, 0.2) is 46.1 Å². The molecule has 36 heavy (non-hydrogen) atoms. The van der Waals surface area contributed by atoms with Gasteiger partial charge in [0.2, 0.25) is 9.03 Å². The fourth-order valence-electron chi connectivity index (χ4n) is 3.66. The zero-order chi connectivity index (χ0) is 26.5. The Morgan fingerprint density at radius 1 is 1.31 bits per heavy atom. The summed E-state index contributed by atoms with van der Waals surface area (Å²) in [6.45, 7) is 3.54. The van der Waals surface area contributed by atoms with Crippen LogP contribution < -0.4 is 21.5 Å². The minimum atomic E-state index is -2.63. The number of nitrogens with one attached hydrogen (secondary N) is 1. The van der Waals surface area contributed by atoms with Gasteiger partial charge in [-0.25, -0.2) is 4.79 Å². The highest BCUT2D eigenvalue weighted by Crippen LogP contribution is 2.63. The van der Waals surface area contributed by atoms with E-state index in [1.165, 1.54) is 0 Å². The summed E-state index contributed by atoms with van der Waals surface area (Å²) in [7, 11) is -0.693. The molecule has 1 spiro atoms. The van der Waals surface area contributed by atoms with E-state index in [1.54, 1.807) is 38.1 Å². The van der Waals surface area contributed by atoms with E-state index in [0.29, 0.717) is 18.6 Å². The molecule has 1 saturated carbocycles. The molecule has 6 N–H and O–H groups in total. The van der Waals surface area contributed by atoms with Gasteiger partial charge in [0.15, 0.2) is 5.75 Å². The second-order valence-corrected chi connectivity index (χ2v) is 9.30. The average molecular weight is 527 g/mol. The van der Waals surface area contributed by atoms with Gasteiger partial charge in [-0.3, -0.25) is 23.7 Å². The number of aromatic hydroxyl groups is 1. The van der Waals surface area contributed by atoms with Crippen LogP contribution in [0.25, 0.3) is 0 Å². The van der Waals surface area contributed by atoms with E-state index in [1.807, 2.05) is 11.1 Å². The molecule has 198 valence electrons. The van der Waals surface area contributed by atoms with E-state index in [0.717, 1.165) is 10.8 Å². The summed E-state index contributed by atoms with van der Waals surface area (Å²) in [5.41, 5.74) is 2.79. The highest BCUT2D eigenvalue weighted by molar-refractivity contribution is 7.26. The van der Waals surface area contributed by atoms with Gasteiger partial charge in [-0.15, -0.1) is 0 Å². The number of aromatic nitrogens is 2. The number of nitrogens with two attached hydrogens (primary N) is 1. The normalized spacial score (nSPS) is 20.4. The first-order valence-electron chi connectivity index (χ1n) is 11.2. The molecule has 0 amide bonds. The quantitative estimate of drug-likeness (QED) is 0.182. The van der Waals surface area contributed by atoms with Crippen molar-refractivity contribution in [2.45, 2.75) is 57.5 Å². The van der Waals surface area contributed by atoms with Crippen LogP contribution in [-0.4, -0.2) is 55.6 Å². The van der Waals surface area contributed by atoms with E-state index in [-0.39, 0.29) is 25.0 Å². The molecule has 0 radical (unpaired) electrons. The molecule has 1 aliphatic carbocycles. The first-order valence-corrected chi connectivity index (χ1v) is 12.0. The lowest BCUT2D eigenvalue weighted by atomic mass is 9.99. The fourth-order valence-corrected chi connectivity index (χ4v) is 4.18. The van der Waals surface area contributed by atoms with E-state index in [9.17, 15) is 29.7 Å². The Hall–Kier alpha value is -2.80. The molecule has 2 aromatic rings. The molecule has 4 rings (SSSR count). The van der Waals surface area contributed by atoms with E-state index in [4.69, 9.17) is 19.5 Å². The number of rotatable bonds is 8. The third-order valence-electron chi connectivity index (χ3n) is 5.55. The van der Waals surface area contributed by atoms with Crippen LogP contribution in [0.3, 0.4) is 0 Å². The van der Waals surface area contributed by atoms with Crippen molar-refractivity contribution in [3.63, 3.8) is 0 Å². The minimum Gasteiger partial charge on any atom is -0.502 e. The Bertz CT molecular complexity index is 1150. The molecule has 3 unspecified atom stereocenters. The van der Waals surface area contributed by atoms with Crippen molar-refractivity contribution in [2.24, 2.45) is 11.1 Å². The van der Waals surface area contributed by atoms with Crippen LogP contribution in [0.2, 0.25) is 0 Å². The Kier molecular flexibility index (Phi) is 8.88. The zero-order valence-corrected chi connectivity index (χ0v) is 20.7. The summed E-state index contributed by atoms with van der Waals surface area (Å²) in [4.78, 5) is 35.8. The number of H-pyrrole nitrogens is 1. The Balaban J connectivity index is 0.000000392. The van der Waals surface area contributed by atoms with Crippen molar-refractivity contribution in [1.82, 2.24) is 9.55 Å². The third-order valence-corrected chi connectivity index (χ3v) is 6.25. The number of aliphatic hydroxyl groups is 2. The Morgan fingerprint density at radius 2 is 1.97 bits per heavy atom. The monoisotopic (exact) mass is 527 g/mol. The van der Waals surface area contributed by atoms with Crippen molar-refractivity contribution in [2.75, 3.05) is 6.54 Å². The molecule has 2 fully saturated rings. The van der Waals surface area contributed by atoms with Crippen LogP contribution in [-0.2, 0) is 18.8 Å². The molecule has 3 atom stereocenters. The summed E-state index contributed by atoms with van der Waals surface area (Å²) in [6.07, 6.45) is 0.546. The average Bonchev–Trinajstić information content (AvgIpc) is 3.49. The van der Waals surface area contributed by atoms with Gasteiger partial charge in [0.25, 0.3) is 5.56 Å². The fraction of sp³-hybridized carbons (Fsp3) is 0.500. The zero-order valence-electron chi connectivity index (χ0n) is 19.7. The maximum Gasteiger partial charge on any atom is 0.330 e. The molecular formula is C22H30N3O10P. The van der Waals surface area contributed by atoms with Crippen molar-refractivity contribution in [1.29, 1.82) is 0 Å². The Morgan fingerprint density at radius 3 is 2.53 bits per heavy atom. The van der Waals surface area contributed by atoms with Crippen molar-refractivity contribution in [3.05, 3.63) is 57.4 Å². The second kappa shape index (κ2) is 11.5. The largest absolute Gasteiger partial charge is 0.502 e. The van der Waals surface area contributed by atoms with Crippen molar-refractivity contribution in [3.8, 4) is 11.5 Å². The molecule has 0 bridgehead atoms. The molecule has 14 heteroatoms. The number of hydrogen-bond acceptors (Lipinski definition) is 11. The molecule has 1 aromatic carbocycles. The summed E-state index contributed by atoms with van der Waals surface area (Å²) in [5.74, 6) is -3.10. The van der Waals surface area contributed by atoms with Gasteiger partial charge in [0, 0.05) is 5.41 Å². The smallest absolute Gasteiger partial charge is 0.330 e. The van der Waals surface area contributed by atoms with Crippen molar-refractivity contribution >= 4 is 15.0 Å². The molecular weight excluding hydrogens is 497 g/mol. The summed E-state index contributed by atoms with van der Waals surface area (Å²) in [6, 6.07) is 8.75. The van der Waals surface area contributed by atoms with Crippen LogP contribution in [0.1, 0.15) is 39.3 Å². The van der Waals surface area contributed by atoms with Crippen molar-refractivity contribution < 1.29 is 38.6 Å². The number of ether oxygens (including phenoxy) is 2. The summed E-state index contributed by atoms with van der Waals surface area (Å²) in [5, 5.41) is 30.3. The van der Waals surface area contributed by atoms with E-state index in [2.05, 4.69) is 4.74 Å². The number of para-hydroxylation sites is 1. The van der Waals surface area contributed by atoms with Gasteiger partial charge in [0.1, 0.15) is 18.1 Å². The first-order chi connectivity index (χ1) is 17.0. The van der Waals surface area contributed by atoms with Crippen LogP contribution in [0, 0.1) is 5.41 Å². The van der Waals surface area contributed by atoms with Gasteiger partial charge < -0.3 is 35.1 Å². The maximum atomic E-state index is 12.1. The summed E-state index contributed by atoms with van der Waals surface area (Å²) >= 11 is 0. The molecule has 13 nitrogen and oxygen atoms in total. The minimum absolute atomic E-state index is 0.0296. The lowest BCUT2D eigenvalue weighted by Gasteiger charge is -2.27. The number of aromatic amines is 1. The molecule has 1 aromatic heterocycles. The topological polar surface area (TPSA) is 196 Å². The number of nitrogens with zero attached hydrogens (tertiary/aromatic N) is 1. The number of esters is 1. The van der Waals surface area contributed by atoms with Crippen LogP contribution >= 0.6 is 9.03 Å². The number of benzene rings is 1. The van der Waals surface area contributed by atoms with Gasteiger partial charge >= 0.3 is 17.6 Å². The van der Waals surface area contributed by atoms with Gasteiger partial charge in [-0.2, -0.15) is 0 Å². The Labute approximate surface area is 207 Å². The SMILES string of the molecule is CC(C)OC(=O)CN.O=c1[nH]c(=O)n(C2OC(C(O)(O)OPOc3ccccc3)CC23CC3)cc1O. The predicted octanol–water partition coefficient (Wildman–Crippen LogP) is 0.449. The molecule has 1 aliphatic heterocycles. The molecule has 2 heterocycles. The van der Waals surface area contributed by atoms with Gasteiger partial charge in [-0.1, -0.05) is 18.2 Å². The number of carbonyl (C=O) groups excluding carboxylic acids is 1. The van der Waals surface area contributed by atoms with E-state index >= 15 is 0 Å². The first kappa shape index (κ1) is 27.8. The lowest BCUT2D eigenvalue weighted by molar-refractivity contribution is -0.341. The second-order valence-electron chi connectivity index (χ2n) is 8.73. The molecule has 2 aliphatic rings. The van der Waals surface area contributed by atoms with Crippen LogP contribution in [0.4, 0.5) is 0 Å². The van der Waals surface area contributed by atoms with E-state index < -0.39 is 49.8 Å². The highest BCUT2D eigenvalue weighted by atomic mass is 31.1. The maximum absolute atomic E-state index is 12.1. The predicted molar refractivity (Wildman–Crippen MR) is 127 cm³/mol. The molecule has 1 saturated heterocycles. The van der Waals surface area contributed by atoms with Gasteiger partial charge in [0.05, 0.1) is 18.8 Å². The number of carbonyl (C=O) groups is 1. The third kappa shape index (κ3) is 6.90. The summed E-state index contributed by atoms with van der Waals surface area (Å²) < 4.78 is 21.8. The lowest BCUT2D eigenvalue weighted by Crippen LogP contribution is -2.43. The number of hydrogen-bond donors (Lipinski definition) is 5.